The highest BCUT2D eigenvalue weighted by atomic mass is 16.7. The van der Waals surface area contributed by atoms with E-state index < -0.39 is 5.79 Å². The summed E-state index contributed by atoms with van der Waals surface area (Å²) in [5.41, 5.74) is 1.02. The Balaban J connectivity index is 2.27. The molecule has 1 aromatic carbocycles. The fourth-order valence-electron chi connectivity index (χ4n) is 2.64. The minimum Gasteiger partial charge on any atom is -0.490 e. The zero-order valence-corrected chi connectivity index (χ0v) is 14.0. The van der Waals surface area contributed by atoms with Gasteiger partial charge in [0.15, 0.2) is 17.3 Å². The van der Waals surface area contributed by atoms with Gasteiger partial charge in [0.2, 0.25) is 0 Å². The van der Waals surface area contributed by atoms with Gasteiger partial charge in [0, 0.05) is 12.0 Å². The van der Waals surface area contributed by atoms with Crippen LogP contribution in [0.25, 0.3) is 0 Å². The SMILES string of the molecule is CCCOc1ccc(C2(CCC)OCCO2)cc1OCCC. The third kappa shape index (κ3) is 3.93. The van der Waals surface area contributed by atoms with Crippen molar-refractivity contribution in [2.45, 2.75) is 52.2 Å². The molecule has 0 saturated carbocycles. The first kappa shape index (κ1) is 17.1. The lowest BCUT2D eigenvalue weighted by Gasteiger charge is -2.28. The average molecular weight is 308 g/mol. The first-order valence-electron chi connectivity index (χ1n) is 8.43. The molecule has 0 spiro atoms. The van der Waals surface area contributed by atoms with E-state index in [2.05, 4.69) is 20.8 Å². The lowest BCUT2D eigenvalue weighted by atomic mass is 10.0. The van der Waals surface area contributed by atoms with Crippen LogP contribution in [-0.2, 0) is 15.3 Å². The smallest absolute Gasteiger partial charge is 0.195 e. The molecule has 0 unspecified atom stereocenters. The number of benzene rings is 1. The minimum absolute atomic E-state index is 0.623. The zero-order chi connectivity index (χ0) is 15.8. The molecule has 1 aromatic rings. The largest absolute Gasteiger partial charge is 0.490 e. The molecule has 22 heavy (non-hydrogen) atoms. The maximum Gasteiger partial charge on any atom is 0.195 e. The molecule has 4 heteroatoms. The topological polar surface area (TPSA) is 36.9 Å². The monoisotopic (exact) mass is 308 g/mol. The van der Waals surface area contributed by atoms with Crippen LogP contribution < -0.4 is 9.47 Å². The fraction of sp³-hybridized carbons (Fsp3) is 0.667. The normalized spacial score (nSPS) is 16.7. The number of rotatable bonds is 9. The van der Waals surface area contributed by atoms with Gasteiger partial charge in [-0.15, -0.1) is 0 Å². The van der Waals surface area contributed by atoms with E-state index in [9.17, 15) is 0 Å². The molecule has 0 amide bonds. The van der Waals surface area contributed by atoms with Gasteiger partial charge in [-0.05, 0) is 31.0 Å². The third-order valence-electron chi connectivity index (χ3n) is 3.64. The molecular weight excluding hydrogens is 280 g/mol. The highest BCUT2D eigenvalue weighted by molar-refractivity contribution is 5.44. The number of ether oxygens (including phenoxy) is 4. The van der Waals surface area contributed by atoms with E-state index in [1.807, 2.05) is 18.2 Å². The summed E-state index contributed by atoms with van der Waals surface area (Å²) in [6.07, 6.45) is 3.78. The zero-order valence-electron chi connectivity index (χ0n) is 14.0. The quantitative estimate of drug-likeness (QED) is 0.683. The van der Waals surface area contributed by atoms with E-state index in [1.54, 1.807) is 0 Å². The van der Waals surface area contributed by atoms with Gasteiger partial charge in [-0.25, -0.2) is 0 Å². The summed E-state index contributed by atoms with van der Waals surface area (Å²) in [7, 11) is 0. The molecule has 124 valence electrons. The summed E-state index contributed by atoms with van der Waals surface area (Å²) in [6.45, 7) is 8.97. The fourth-order valence-corrected chi connectivity index (χ4v) is 2.64. The Labute approximate surface area is 133 Å². The Bertz CT molecular complexity index is 452. The van der Waals surface area contributed by atoms with Crippen molar-refractivity contribution in [3.05, 3.63) is 23.8 Å². The highest BCUT2D eigenvalue weighted by Gasteiger charge is 2.38. The summed E-state index contributed by atoms with van der Waals surface area (Å²) in [4.78, 5) is 0. The van der Waals surface area contributed by atoms with Crippen LogP contribution >= 0.6 is 0 Å². The van der Waals surface area contributed by atoms with Crippen molar-refractivity contribution in [2.24, 2.45) is 0 Å². The molecule has 1 aliphatic rings. The van der Waals surface area contributed by atoms with Crippen molar-refractivity contribution in [3.8, 4) is 11.5 Å². The maximum atomic E-state index is 5.93. The summed E-state index contributed by atoms with van der Waals surface area (Å²) in [5.74, 6) is 0.952. The van der Waals surface area contributed by atoms with Crippen LogP contribution in [-0.4, -0.2) is 26.4 Å². The van der Waals surface area contributed by atoms with Gasteiger partial charge in [-0.1, -0.05) is 27.2 Å². The molecule has 1 heterocycles. The van der Waals surface area contributed by atoms with Gasteiger partial charge in [0.05, 0.1) is 26.4 Å². The Kier molecular flexibility index (Phi) is 6.52. The Morgan fingerprint density at radius 2 is 1.55 bits per heavy atom. The average Bonchev–Trinajstić information content (AvgIpc) is 3.01. The molecule has 4 nitrogen and oxygen atoms in total. The Morgan fingerprint density at radius 3 is 2.14 bits per heavy atom. The molecule has 0 N–H and O–H groups in total. The predicted octanol–water partition coefficient (Wildman–Crippen LogP) is 4.26. The Morgan fingerprint density at radius 1 is 0.909 bits per heavy atom. The summed E-state index contributed by atoms with van der Waals surface area (Å²) >= 11 is 0. The first-order valence-corrected chi connectivity index (χ1v) is 8.43. The number of hydrogen-bond donors (Lipinski definition) is 0. The standard InChI is InChI=1S/C18H28O4/c1-4-9-18(21-12-13-22-18)15-7-8-16(19-10-5-2)17(14-15)20-11-6-3/h7-8,14H,4-6,9-13H2,1-3H3. The molecule has 1 saturated heterocycles. The molecule has 0 atom stereocenters. The van der Waals surface area contributed by atoms with Crippen LogP contribution in [0.4, 0.5) is 0 Å². The first-order chi connectivity index (χ1) is 10.8. The molecule has 0 bridgehead atoms. The van der Waals surface area contributed by atoms with E-state index in [1.165, 1.54) is 0 Å². The van der Waals surface area contributed by atoms with Crippen LogP contribution in [0.1, 0.15) is 52.0 Å². The van der Waals surface area contributed by atoms with E-state index >= 15 is 0 Å². The van der Waals surface area contributed by atoms with Gasteiger partial charge in [-0.2, -0.15) is 0 Å². The second-order valence-electron chi connectivity index (χ2n) is 5.56. The highest BCUT2D eigenvalue weighted by Crippen LogP contribution is 2.40. The van der Waals surface area contributed by atoms with Crippen molar-refractivity contribution in [3.63, 3.8) is 0 Å². The molecule has 0 aliphatic carbocycles. The van der Waals surface area contributed by atoms with Crippen molar-refractivity contribution in [1.29, 1.82) is 0 Å². The molecule has 0 aromatic heterocycles. The van der Waals surface area contributed by atoms with Crippen LogP contribution in [0, 0.1) is 0 Å². The maximum absolute atomic E-state index is 5.93. The summed E-state index contributed by atoms with van der Waals surface area (Å²) in [5, 5.41) is 0. The van der Waals surface area contributed by atoms with Crippen LogP contribution in [0.3, 0.4) is 0 Å². The van der Waals surface area contributed by atoms with E-state index in [-0.39, 0.29) is 0 Å². The second kappa shape index (κ2) is 8.39. The van der Waals surface area contributed by atoms with Crippen LogP contribution in [0.5, 0.6) is 11.5 Å². The van der Waals surface area contributed by atoms with Crippen LogP contribution in [0.15, 0.2) is 18.2 Å². The third-order valence-corrected chi connectivity index (χ3v) is 3.64. The minimum atomic E-state index is -0.623. The van der Waals surface area contributed by atoms with Crippen molar-refractivity contribution in [2.75, 3.05) is 26.4 Å². The van der Waals surface area contributed by atoms with E-state index in [0.29, 0.717) is 26.4 Å². The number of hydrogen-bond acceptors (Lipinski definition) is 4. The van der Waals surface area contributed by atoms with Crippen molar-refractivity contribution < 1.29 is 18.9 Å². The van der Waals surface area contributed by atoms with Gasteiger partial charge in [0.25, 0.3) is 0 Å². The van der Waals surface area contributed by atoms with Crippen molar-refractivity contribution in [1.82, 2.24) is 0 Å². The van der Waals surface area contributed by atoms with E-state index in [4.69, 9.17) is 18.9 Å². The van der Waals surface area contributed by atoms with Gasteiger partial charge >= 0.3 is 0 Å². The molecule has 1 fully saturated rings. The predicted molar refractivity (Wildman–Crippen MR) is 86.5 cm³/mol. The Hall–Kier alpha value is -1.26. The van der Waals surface area contributed by atoms with Gasteiger partial charge in [0.1, 0.15) is 0 Å². The van der Waals surface area contributed by atoms with Crippen molar-refractivity contribution >= 4 is 0 Å². The summed E-state index contributed by atoms with van der Waals surface area (Å²) < 4.78 is 23.5. The van der Waals surface area contributed by atoms with E-state index in [0.717, 1.165) is 42.7 Å². The second-order valence-corrected chi connectivity index (χ2v) is 5.56. The molecule has 0 radical (unpaired) electrons. The van der Waals surface area contributed by atoms with Crippen LogP contribution in [0.2, 0.25) is 0 Å². The lowest BCUT2D eigenvalue weighted by Crippen LogP contribution is -2.27. The summed E-state index contributed by atoms with van der Waals surface area (Å²) in [6, 6.07) is 6.02. The van der Waals surface area contributed by atoms with Gasteiger partial charge in [-0.3, -0.25) is 0 Å². The molecule has 2 rings (SSSR count). The van der Waals surface area contributed by atoms with Gasteiger partial charge < -0.3 is 18.9 Å². The molecular formula is C18H28O4. The molecule has 1 aliphatic heterocycles. The lowest BCUT2D eigenvalue weighted by molar-refractivity contribution is -0.171.